The number of hydrogen-bond donors (Lipinski definition) is 2. The number of nitrogens with one attached hydrogen (secondary N) is 2. The van der Waals surface area contributed by atoms with E-state index < -0.39 is 0 Å². The van der Waals surface area contributed by atoms with Crippen molar-refractivity contribution in [1.29, 1.82) is 0 Å². The molecular weight excluding hydrogens is 292 g/mol. The molecule has 2 heterocycles. The highest BCUT2D eigenvalue weighted by Gasteiger charge is 2.23. The lowest BCUT2D eigenvalue weighted by atomic mass is 9.84. The van der Waals surface area contributed by atoms with Gasteiger partial charge >= 0.3 is 0 Å². The molecule has 5 heteroatoms. The fourth-order valence-corrected chi connectivity index (χ4v) is 3.71. The summed E-state index contributed by atoms with van der Waals surface area (Å²) in [6.45, 7) is 3.00. The molecular formula is C17H26N4S. The summed E-state index contributed by atoms with van der Waals surface area (Å²) < 4.78 is 0. The third-order valence-corrected chi connectivity index (χ3v) is 5.09. The summed E-state index contributed by atoms with van der Waals surface area (Å²) in [6, 6.07) is 0. The van der Waals surface area contributed by atoms with E-state index in [1.54, 1.807) is 0 Å². The summed E-state index contributed by atoms with van der Waals surface area (Å²) in [5, 5.41) is 8.97. The van der Waals surface area contributed by atoms with Crippen molar-refractivity contribution in [1.82, 2.24) is 15.6 Å². The summed E-state index contributed by atoms with van der Waals surface area (Å²) in [7, 11) is 0. The van der Waals surface area contributed by atoms with Gasteiger partial charge in [-0.2, -0.15) is 5.10 Å². The van der Waals surface area contributed by atoms with E-state index in [-0.39, 0.29) is 0 Å². The van der Waals surface area contributed by atoms with Crippen LogP contribution >= 0.6 is 12.2 Å². The van der Waals surface area contributed by atoms with Gasteiger partial charge in [-0.15, -0.1) is 0 Å². The van der Waals surface area contributed by atoms with Crippen LogP contribution in [0.15, 0.2) is 29.0 Å². The Morgan fingerprint density at radius 1 is 1.18 bits per heavy atom. The highest BCUT2D eigenvalue weighted by atomic mass is 32.1. The fourth-order valence-electron chi connectivity index (χ4n) is 3.48. The Hall–Kier alpha value is -1.36. The zero-order valence-corrected chi connectivity index (χ0v) is 14.0. The Morgan fingerprint density at radius 3 is 2.64 bits per heavy atom. The highest BCUT2D eigenvalue weighted by Crippen LogP contribution is 2.27. The van der Waals surface area contributed by atoms with Gasteiger partial charge in [-0.3, -0.25) is 5.43 Å². The van der Waals surface area contributed by atoms with Crippen LogP contribution in [0.5, 0.6) is 0 Å². The van der Waals surface area contributed by atoms with Gasteiger partial charge in [0, 0.05) is 25.6 Å². The smallest absolute Gasteiger partial charge is 0.189 e. The normalized spacial score (nSPS) is 23.2. The van der Waals surface area contributed by atoms with Crippen LogP contribution in [0, 0.1) is 5.92 Å². The molecule has 4 nitrogen and oxygen atoms in total. The summed E-state index contributed by atoms with van der Waals surface area (Å²) in [4.78, 5) is 2.22. The number of hydrazone groups is 1. The lowest BCUT2D eigenvalue weighted by Gasteiger charge is -2.26. The highest BCUT2D eigenvalue weighted by molar-refractivity contribution is 7.80. The predicted octanol–water partition coefficient (Wildman–Crippen LogP) is 2.94. The quantitative estimate of drug-likeness (QED) is 0.477. The zero-order chi connectivity index (χ0) is 15.2. The number of dihydropyridines is 1. The SMILES string of the molecule is S=C(NN=C(C1=CC=CCN1)C1CCCCC1)N1CCCC1. The topological polar surface area (TPSA) is 39.7 Å². The van der Waals surface area contributed by atoms with Crippen LogP contribution in [-0.4, -0.2) is 35.4 Å². The third kappa shape index (κ3) is 3.88. The van der Waals surface area contributed by atoms with Crippen molar-refractivity contribution in [2.24, 2.45) is 11.0 Å². The van der Waals surface area contributed by atoms with E-state index in [0.29, 0.717) is 5.92 Å². The minimum absolute atomic E-state index is 0.549. The first-order chi connectivity index (χ1) is 10.8. The van der Waals surface area contributed by atoms with E-state index in [1.807, 2.05) is 0 Å². The Bertz CT molecular complexity index is 483. The van der Waals surface area contributed by atoms with Crippen molar-refractivity contribution in [3.63, 3.8) is 0 Å². The molecule has 0 aromatic carbocycles. The Morgan fingerprint density at radius 2 is 1.95 bits per heavy atom. The van der Waals surface area contributed by atoms with E-state index in [4.69, 9.17) is 17.3 Å². The van der Waals surface area contributed by atoms with Gasteiger partial charge in [0.25, 0.3) is 0 Å². The second-order valence-electron chi connectivity index (χ2n) is 6.33. The molecule has 120 valence electrons. The standard InChI is InChI=1S/C17H26N4S/c22-17(21-12-6-7-13-21)20-19-16(14-8-2-1-3-9-14)15-10-4-5-11-18-15/h4-5,10,14,18H,1-3,6-9,11-13H2,(H,20,22). The molecule has 1 saturated heterocycles. The zero-order valence-electron chi connectivity index (χ0n) is 13.2. The van der Waals surface area contributed by atoms with Crippen molar-refractivity contribution >= 4 is 23.0 Å². The lowest BCUT2D eigenvalue weighted by molar-refractivity contribution is 0.436. The van der Waals surface area contributed by atoms with Crippen LogP contribution < -0.4 is 10.7 Å². The molecule has 0 bridgehead atoms. The number of nitrogens with zero attached hydrogens (tertiary/aromatic N) is 2. The van der Waals surface area contributed by atoms with E-state index in [9.17, 15) is 0 Å². The van der Waals surface area contributed by atoms with Crippen LogP contribution in [0.2, 0.25) is 0 Å². The molecule has 2 aliphatic heterocycles. The largest absolute Gasteiger partial charge is 0.380 e. The molecule has 0 spiro atoms. The van der Waals surface area contributed by atoms with Crippen molar-refractivity contribution in [3.05, 3.63) is 23.9 Å². The van der Waals surface area contributed by atoms with Gasteiger partial charge in [0.05, 0.1) is 11.4 Å². The maximum absolute atomic E-state index is 5.49. The van der Waals surface area contributed by atoms with E-state index in [0.717, 1.165) is 36.2 Å². The molecule has 0 unspecified atom stereocenters. The van der Waals surface area contributed by atoms with Gasteiger partial charge in [-0.25, -0.2) is 0 Å². The van der Waals surface area contributed by atoms with Crippen LogP contribution in [0.4, 0.5) is 0 Å². The second-order valence-corrected chi connectivity index (χ2v) is 6.72. The molecule has 0 radical (unpaired) electrons. The van der Waals surface area contributed by atoms with Crippen LogP contribution in [-0.2, 0) is 0 Å². The fraction of sp³-hybridized carbons (Fsp3) is 0.647. The molecule has 0 atom stereocenters. The Balaban J connectivity index is 1.71. The van der Waals surface area contributed by atoms with E-state index in [2.05, 4.69) is 33.9 Å². The van der Waals surface area contributed by atoms with Crippen LogP contribution in [0.1, 0.15) is 44.9 Å². The number of rotatable bonds is 3. The van der Waals surface area contributed by atoms with E-state index in [1.165, 1.54) is 44.9 Å². The molecule has 0 amide bonds. The van der Waals surface area contributed by atoms with Crippen molar-refractivity contribution in [3.8, 4) is 0 Å². The molecule has 3 aliphatic rings. The van der Waals surface area contributed by atoms with Gasteiger partial charge in [-0.05, 0) is 44.0 Å². The summed E-state index contributed by atoms with van der Waals surface area (Å²) in [5.74, 6) is 0.549. The lowest BCUT2D eigenvalue weighted by Crippen LogP contribution is -2.37. The van der Waals surface area contributed by atoms with Crippen molar-refractivity contribution in [2.75, 3.05) is 19.6 Å². The summed E-state index contributed by atoms with van der Waals surface area (Å²) in [5.41, 5.74) is 5.48. The molecule has 0 aromatic heterocycles. The number of hydrogen-bond acceptors (Lipinski definition) is 3. The van der Waals surface area contributed by atoms with Gasteiger partial charge < -0.3 is 10.2 Å². The first-order valence-electron chi connectivity index (χ1n) is 8.58. The van der Waals surface area contributed by atoms with Crippen molar-refractivity contribution < 1.29 is 0 Å². The molecule has 2 N–H and O–H groups in total. The van der Waals surface area contributed by atoms with Crippen LogP contribution in [0.3, 0.4) is 0 Å². The summed E-state index contributed by atoms with van der Waals surface area (Å²) >= 11 is 5.49. The van der Waals surface area contributed by atoms with E-state index >= 15 is 0 Å². The predicted molar refractivity (Wildman–Crippen MR) is 95.8 cm³/mol. The molecule has 3 rings (SSSR count). The minimum atomic E-state index is 0.549. The maximum Gasteiger partial charge on any atom is 0.189 e. The number of allylic oxidation sites excluding steroid dienone is 3. The van der Waals surface area contributed by atoms with Gasteiger partial charge in [-0.1, -0.05) is 31.4 Å². The monoisotopic (exact) mass is 318 g/mol. The number of likely N-dealkylation sites (tertiary alicyclic amines) is 1. The number of thiocarbonyl (C=S) groups is 1. The molecule has 1 aliphatic carbocycles. The molecule has 2 fully saturated rings. The Kier molecular flexibility index (Phi) is 5.48. The summed E-state index contributed by atoms with van der Waals surface area (Å²) in [6.07, 6.45) is 15.3. The first kappa shape index (κ1) is 15.5. The van der Waals surface area contributed by atoms with Crippen molar-refractivity contribution in [2.45, 2.75) is 44.9 Å². The van der Waals surface area contributed by atoms with Gasteiger partial charge in [0.2, 0.25) is 0 Å². The molecule has 22 heavy (non-hydrogen) atoms. The Labute approximate surface area is 138 Å². The maximum atomic E-state index is 5.49. The average molecular weight is 318 g/mol. The van der Waals surface area contributed by atoms with Gasteiger partial charge in [0.15, 0.2) is 5.11 Å². The van der Waals surface area contributed by atoms with Gasteiger partial charge in [0.1, 0.15) is 0 Å². The molecule has 1 saturated carbocycles. The second kappa shape index (κ2) is 7.77. The minimum Gasteiger partial charge on any atom is -0.380 e. The third-order valence-electron chi connectivity index (χ3n) is 4.74. The van der Waals surface area contributed by atoms with Crippen LogP contribution in [0.25, 0.3) is 0 Å². The average Bonchev–Trinajstić information content (AvgIpc) is 3.11. The first-order valence-corrected chi connectivity index (χ1v) is 8.99. The molecule has 0 aromatic rings.